The highest BCUT2D eigenvalue weighted by atomic mass is 79.9. The summed E-state index contributed by atoms with van der Waals surface area (Å²) in [5.41, 5.74) is -0.334. The number of amides is 1. The zero-order valence-corrected chi connectivity index (χ0v) is 18.2. The molecule has 1 N–H and O–H groups in total. The number of hydrogen-bond donors (Lipinski definition) is 1. The molecule has 29 heavy (non-hydrogen) atoms. The summed E-state index contributed by atoms with van der Waals surface area (Å²) < 4.78 is 0.751. The Morgan fingerprint density at radius 3 is 2.48 bits per heavy atom. The quantitative estimate of drug-likeness (QED) is 0.650. The number of likely N-dealkylation sites (tertiary alicyclic amines) is 1. The SMILES string of the molecule is O=C(C[C@@]1(O)C(=O)N(CN2CCCCC2)c2ccc(Br)cc21)c1ccc(Cl)cc1. The Morgan fingerprint density at radius 2 is 1.79 bits per heavy atom. The predicted octanol–water partition coefficient (Wildman–Crippen LogP) is 4.35. The molecule has 0 aliphatic carbocycles. The fourth-order valence-electron chi connectivity index (χ4n) is 4.11. The van der Waals surface area contributed by atoms with Crippen LogP contribution in [-0.4, -0.2) is 41.5 Å². The monoisotopic (exact) mass is 476 g/mol. The lowest BCUT2D eigenvalue weighted by Gasteiger charge is -2.31. The molecule has 4 rings (SSSR count). The van der Waals surface area contributed by atoms with E-state index in [4.69, 9.17) is 11.6 Å². The Labute approximate surface area is 183 Å². The first-order valence-corrected chi connectivity index (χ1v) is 10.9. The van der Waals surface area contributed by atoms with Crippen LogP contribution in [0, 0.1) is 0 Å². The predicted molar refractivity (Wildman–Crippen MR) is 116 cm³/mol. The molecule has 2 aromatic carbocycles. The van der Waals surface area contributed by atoms with E-state index in [2.05, 4.69) is 20.8 Å². The van der Waals surface area contributed by atoms with Crippen LogP contribution in [0.1, 0.15) is 41.6 Å². The number of rotatable bonds is 5. The summed E-state index contributed by atoms with van der Waals surface area (Å²) in [5, 5.41) is 12.0. The molecule has 0 spiro atoms. The lowest BCUT2D eigenvalue weighted by Crippen LogP contribution is -2.47. The first kappa shape index (κ1) is 20.5. The highest BCUT2D eigenvalue weighted by molar-refractivity contribution is 9.10. The van der Waals surface area contributed by atoms with Crippen LogP contribution in [0.2, 0.25) is 5.02 Å². The van der Waals surface area contributed by atoms with Crippen LogP contribution < -0.4 is 4.90 Å². The average Bonchev–Trinajstić information content (AvgIpc) is 2.91. The van der Waals surface area contributed by atoms with Crippen molar-refractivity contribution in [3.05, 3.63) is 63.1 Å². The molecule has 2 aliphatic heterocycles. The van der Waals surface area contributed by atoms with Crippen molar-refractivity contribution in [3.63, 3.8) is 0 Å². The lowest BCUT2D eigenvalue weighted by atomic mass is 9.88. The summed E-state index contributed by atoms with van der Waals surface area (Å²) in [5.74, 6) is -0.748. The molecule has 2 heterocycles. The smallest absolute Gasteiger partial charge is 0.265 e. The van der Waals surface area contributed by atoms with Gasteiger partial charge in [0.1, 0.15) is 0 Å². The molecule has 1 atom stereocenters. The molecule has 2 aliphatic rings. The Morgan fingerprint density at radius 1 is 1.10 bits per heavy atom. The van der Waals surface area contributed by atoms with Gasteiger partial charge in [0, 0.05) is 20.6 Å². The highest BCUT2D eigenvalue weighted by Crippen LogP contribution is 2.44. The summed E-state index contributed by atoms with van der Waals surface area (Å²) in [7, 11) is 0. The van der Waals surface area contributed by atoms with Gasteiger partial charge in [-0.1, -0.05) is 34.0 Å². The zero-order chi connectivity index (χ0) is 20.6. The van der Waals surface area contributed by atoms with Gasteiger partial charge in [0.15, 0.2) is 11.4 Å². The minimum atomic E-state index is -1.88. The fraction of sp³-hybridized carbons (Fsp3) is 0.364. The summed E-state index contributed by atoms with van der Waals surface area (Å²) in [6.07, 6.45) is 3.10. The van der Waals surface area contributed by atoms with Crippen LogP contribution in [0.4, 0.5) is 5.69 Å². The Kier molecular flexibility index (Phi) is 5.80. The number of carbonyl (C=O) groups is 2. The molecule has 1 fully saturated rings. The van der Waals surface area contributed by atoms with Gasteiger partial charge in [-0.25, -0.2) is 0 Å². The van der Waals surface area contributed by atoms with Crippen molar-refractivity contribution < 1.29 is 14.7 Å². The van der Waals surface area contributed by atoms with Gasteiger partial charge in [0.05, 0.1) is 18.8 Å². The van der Waals surface area contributed by atoms with E-state index >= 15 is 0 Å². The van der Waals surface area contributed by atoms with E-state index in [1.807, 2.05) is 12.1 Å². The first-order chi connectivity index (χ1) is 13.9. The molecule has 5 nitrogen and oxygen atoms in total. The number of carbonyl (C=O) groups excluding carboxylic acids is 2. The molecule has 0 aromatic heterocycles. The Bertz CT molecular complexity index is 944. The maximum Gasteiger partial charge on any atom is 0.265 e. The molecule has 0 radical (unpaired) electrons. The van der Waals surface area contributed by atoms with Crippen LogP contribution in [0.5, 0.6) is 0 Å². The normalized spacial score (nSPS) is 22.0. The maximum absolute atomic E-state index is 13.4. The van der Waals surface area contributed by atoms with E-state index in [0.29, 0.717) is 28.5 Å². The highest BCUT2D eigenvalue weighted by Gasteiger charge is 2.51. The topological polar surface area (TPSA) is 60.9 Å². The van der Waals surface area contributed by atoms with Gasteiger partial charge < -0.3 is 5.11 Å². The molecule has 0 unspecified atom stereocenters. The number of ketones is 1. The maximum atomic E-state index is 13.4. The molecule has 2 aromatic rings. The molecule has 1 amide bonds. The minimum Gasteiger partial charge on any atom is -0.375 e. The second-order valence-electron chi connectivity index (χ2n) is 7.68. The van der Waals surface area contributed by atoms with E-state index in [0.717, 1.165) is 30.4 Å². The third-order valence-corrected chi connectivity index (χ3v) is 6.41. The van der Waals surface area contributed by atoms with Crippen molar-refractivity contribution in [2.24, 2.45) is 0 Å². The summed E-state index contributed by atoms with van der Waals surface area (Å²) in [4.78, 5) is 30.0. The van der Waals surface area contributed by atoms with Crippen LogP contribution in [0.3, 0.4) is 0 Å². The van der Waals surface area contributed by atoms with Crippen molar-refractivity contribution in [2.75, 3.05) is 24.7 Å². The van der Waals surface area contributed by atoms with E-state index in [1.165, 1.54) is 6.42 Å². The molecule has 1 saturated heterocycles. The van der Waals surface area contributed by atoms with E-state index in [-0.39, 0.29) is 12.2 Å². The molecule has 7 heteroatoms. The summed E-state index contributed by atoms with van der Waals surface area (Å²) >= 11 is 9.33. The zero-order valence-electron chi connectivity index (χ0n) is 15.9. The third kappa shape index (κ3) is 3.99. The van der Waals surface area contributed by atoms with Gasteiger partial charge in [0.2, 0.25) is 0 Å². The van der Waals surface area contributed by atoms with Crippen molar-refractivity contribution in [2.45, 2.75) is 31.3 Å². The van der Waals surface area contributed by atoms with Gasteiger partial charge in [-0.2, -0.15) is 0 Å². The summed E-state index contributed by atoms with van der Waals surface area (Å²) in [6, 6.07) is 11.9. The number of anilines is 1. The second-order valence-corrected chi connectivity index (χ2v) is 9.03. The molecule has 152 valence electrons. The van der Waals surface area contributed by atoms with E-state index < -0.39 is 11.5 Å². The standard InChI is InChI=1S/C22H22BrClN2O3/c23-16-6-9-19-18(12-16)22(29,13-20(27)15-4-7-17(24)8-5-15)21(28)26(19)14-25-10-2-1-3-11-25/h4-9,12,29H,1-3,10-11,13-14H2/t22-/m0/s1. The summed E-state index contributed by atoms with van der Waals surface area (Å²) in [6.45, 7) is 2.28. The van der Waals surface area contributed by atoms with E-state index in [9.17, 15) is 14.7 Å². The lowest BCUT2D eigenvalue weighted by molar-refractivity contribution is -0.136. The van der Waals surface area contributed by atoms with E-state index in [1.54, 1.807) is 35.2 Å². The van der Waals surface area contributed by atoms with Crippen LogP contribution in [0.15, 0.2) is 46.9 Å². The van der Waals surface area contributed by atoms with Crippen LogP contribution >= 0.6 is 27.5 Å². The van der Waals surface area contributed by atoms with Gasteiger partial charge in [-0.05, 0) is 68.4 Å². The van der Waals surface area contributed by atoms with Gasteiger partial charge in [0.25, 0.3) is 5.91 Å². The fourth-order valence-corrected chi connectivity index (χ4v) is 4.59. The molecular formula is C22H22BrClN2O3. The Balaban J connectivity index is 1.65. The van der Waals surface area contributed by atoms with Gasteiger partial charge in [-0.3, -0.25) is 19.4 Å². The van der Waals surface area contributed by atoms with Gasteiger partial charge in [-0.15, -0.1) is 0 Å². The third-order valence-electron chi connectivity index (χ3n) is 5.67. The number of Topliss-reactive ketones (excluding diaryl/α,β-unsaturated/α-hetero) is 1. The number of halogens is 2. The number of fused-ring (bicyclic) bond motifs is 1. The van der Waals surface area contributed by atoms with Crippen molar-refractivity contribution in [1.82, 2.24) is 4.90 Å². The number of nitrogens with zero attached hydrogens (tertiary/aromatic N) is 2. The number of piperidine rings is 1. The number of benzene rings is 2. The first-order valence-electron chi connectivity index (χ1n) is 9.74. The molecular weight excluding hydrogens is 456 g/mol. The van der Waals surface area contributed by atoms with Crippen molar-refractivity contribution >= 4 is 44.9 Å². The van der Waals surface area contributed by atoms with Gasteiger partial charge >= 0.3 is 0 Å². The molecule has 0 bridgehead atoms. The number of hydrogen-bond acceptors (Lipinski definition) is 4. The average molecular weight is 478 g/mol. The van der Waals surface area contributed by atoms with Crippen LogP contribution in [-0.2, 0) is 10.4 Å². The largest absolute Gasteiger partial charge is 0.375 e. The minimum absolute atomic E-state index is 0.303. The van der Waals surface area contributed by atoms with Crippen molar-refractivity contribution in [1.29, 1.82) is 0 Å². The Hall–Kier alpha value is -1.73. The van der Waals surface area contributed by atoms with Crippen molar-refractivity contribution in [3.8, 4) is 0 Å². The number of aliphatic hydroxyl groups is 1. The van der Waals surface area contributed by atoms with Crippen LogP contribution in [0.25, 0.3) is 0 Å². The second kappa shape index (κ2) is 8.19. The molecule has 0 saturated carbocycles.